The minimum absolute atomic E-state index is 0. The van der Waals surface area contributed by atoms with Crippen LogP contribution in [0.25, 0.3) is 0 Å². The number of nitrogens with zero attached hydrogens (tertiary/aromatic N) is 6. The zero-order valence-corrected chi connectivity index (χ0v) is 10.9. The van der Waals surface area contributed by atoms with Gasteiger partial charge >= 0.3 is 68.3 Å². The Hall–Kier alpha value is -0.982. The topological polar surface area (TPSA) is 143 Å². The second kappa shape index (κ2) is 2460. The molecule has 0 aliphatic rings. The molecule has 0 spiro atoms. The van der Waals surface area contributed by atoms with Crippen LogP contribution in [0.5, 0.6) is 0 Å². The Morgan fingerprint density at radius 2 is 0.312 bits per heavy atom. The third-order valence-electron chi connectivity index (χ3n) is 0. The summed E-state index contributed by atoms with van der Waals surface area (Å²) < 4.78 is 0. The molecule has 0 bridgehead atoms. The summed E-state index contributed by atoms with van der Waals surface area (Å²) in [5.74, 6) is 0. The summed E-state index contributed by atoms with van der Waals surface area (Å²) in [4.78, 5) is 0. The summed E-state index contributed by atoms with van der Waals surface area (Å²) in [5, 5.41) is 37.5. The Balaban J connectivity index is -0.00000000321. The minimum atomic E-state index is 0. The number of hydrogen-bond donors (Lipinski definition) is 0. The van der Waals surface area contributed by atoms with E-state index in [1.54, 1.807) is 0 Å². The third-order valence-corrected chi connectivity index (χ3v) is 0. The first kappa shape index (κ1) is 117. The fourth-order valence-electron chi connectivity index (χ4n) is 0. The standard InChI is InChI=1S/6CN.3Cu.Fe/c6*1-2;;;;/q6*-1;3*+1;+3. The molecule has 6 nitrogen and oxygen atoms in total. The van der Waals surface area contributed by atoms with E-state index in [0.717, 1.165) is 0 Å². The fourth-order valence-corrected chi connectivity index (χ4v) is 0. The van der Waals surface area contributed by atoms with Gasteiger partial charge in [-0.1, -0.05) is 0 Å². The maximum absolute atomic E-state index is 6.25. The van der Waals surface area contributed by atoms with E-state index in [1.165, 1.54) is 0 Å². The zero-order valence-electron chi connectivity index (χ0n) is 6.94. The molecule has 0 aliphatic heterocycles. The van der Waals surface area contributed by atoms with Crippen LogP contribution >= 0.6 is 0 Å². The van der Waals surface area contributed by atoms with Crippen LogP contribution in [-0.4, -0.2) is 0 Å². The minimum Gasteiger partial charge on any atom is -0.512 e. The molecule has 95 valence electrons. The van der Waals surface area contributed by atoms with Crippen LogP contribution in [0.2, 0.25) is 0 Å². The van der Waals surface area contributed by atoms with E-state index in [-0.39, 0.29) is 68.3 Å². The Morgan fingerprint density at radius 1 is 0.312 bits per heavy atom. The van der Waals surface area contributed by atoms with E-state index >= 15 is 0 Å². The molecule has 0 saturated heterocycles. The van der Waals surface area contributed by atoms with Gasteiger partial charge in [-0.3, -0.25) is 0 Å². The van der Waals surface area contributed by atoms with Crippen LogP contribution < -0.4 is 0 Å². The van der Waals surface area contributed by atoms with E-state index in [0.29, 0.717) is 0 Å². The van der Waals surface area contributed by atoms with E-state index < -0.39 is 0 Å². The van der Waals surface area contributed by atoms with Crippen molar-refractivity contribution in [3.8, 4) is 0 Å². The van der Waals surface area contributed by atoms with Gasteiger partial charge in [0.2, 0.25) is 0 Å². The molecule has 0 aliphatic carbocycles. The average molecular weight is 403 g/mol. The summed E-state index contributed by atoms with van der Waals surface area (Å²) in [6.07, 6.45) is 0. The summed E-state index contributed by atoms with van der Waals surface area (Å²) in [6.45, 7) is 28.5. The van der Waals surface area contributed by atoms with E-state index in [2.05, 4.69) is 0 Å². The van der Waals surface area contributed by atoms with Gasteiger partial charge in [0.1, 0.15) is 0 Å². The number of rotatable bonds is 0. The molecule has 0 heterocycles. The van der Waals surface area contributed by atoms with Gasteiger partial charge in [-0.25, -0.2) is 0 Å². The molecule has 0 rings (SSSR count). The third kappa shape index (κ3) is 1950. The van der Waals surface area contributed by atoms with Crippen molar-refractivity contribution < 1.29 is 68.3 Å². The van der Waals surface area contributed by atoms with Crippen LogP contribution in [0.3, 0.4) is 0 Å². The van der Waals surface area contributed by atoms with Crippen molar-refractivity contribution in [2.75, 3.05) is 0 Å². The van der Waals surface area contributed by atoms with Crippen molar-refractivity contribution in [3.05, 3.63) is 39.4 Å². The van der Waals surface area contributed by atoms with Gasteiger partial charge < -0.3 is 71.0 Å². The van der Waals surface area contributed by atoms with E-state index in [1.807, 2.05) is 0 Å². The molecule has 0 aromatic carbocycles. The predicted octanol–water partition coefficient (Wildman–Crippen LogP) is 0.568. The smallest absolute Gasteiger partial charge is 0.512 e. The Morgan fingerprint density at radius 3 is 0.312 bits per heavy atom. The Bertz CT molecular complexity index is 103. The quantitative estimate of drug-likeness (QED) is 0.428. The van der Waals surface area contributed by atoms with Crippen LogP contribution in [0.15, 0.2) is 0 Å². The zero-order chi connectivity index (χ0) is 12.0. The SMILES string of the molecule is [C-]#N.[C-]#N.[C-]#N.[C-]#N.[C-]#N.[C-]#N.[Cu+].[Cu+].[Cu+].[Fe+3]. The summed E-state index contributed by atoms with van der Waals surface area (Å²) in [5.41, 5.74) is 0. The number of hydrogen-bond acceptors (Lipinski definition) is 6. The molecule has 0 aromatic rings. The molecule has 0 unspecified atom stereocenters. The van der Waals surface area contributed by atoms with Gasteiger partial charge in [-0.2, -0.15) is 0 Å². The van der Waals surface area contributed by atoms with Crippen molar-refractivity contribution >= 4 is 0 Å². The van der Waals surface area contributed by atoms with Gasteiger partial charge in [-0.05, 0) is 0 Å². The Kier molecular flexibility index (Phi) is 18000. The van der Waals surface area contributed by atoms with Crippen molar-refractivity contribution in [2.45, 2.75) is 0 Å². The molecule has 0 amide bonds. The van der Waals surface area contributed by atoms with Crippen molar-refractivity contribution in [2.24, 2.45) is 0 Å². The molecule has 0 saturated carbocycles. The van der Waals surface area contributed by atoms with E-state index in [4.69, 9.17) is 71.0 Å². The molecule has 0 N–H and O–H groups in total. The first-order valence-corrected chi connectivity index (χ1v) is 1.34. The van der Waals surface area contributed by atoms with E-state index in [9.17, 15) is 0 Å². The summed E-state index contributed by atoms with van der Waals surface area (Å²) in [6, 6.07) is 0. The fraction of sp³-hybridized carbons (Fsp3) is 0. The maximum Gasteiger partial charge on any atom is 3.00 e. The first-order chi connectivity index (χ1) is 6.00. The molecular weight excluding hydrogens is 403 g/mol. The summed E-state index contributed by atoms with van der Waals surface area (Å²) >= 11 is 0. The monoisotopic (exact) mass is 401 g/mol. The predicted molar refractivity (Wildman–Crippen MR) is 29.8 cm³/mol. The van der Waals surface area contributed by atoms with Gasteiger partial charge in [0.25, 0.3) is 0 Å². The van der Waals surface area contributed by atoms with Gasteiger partial charge in [0, 0.05) is 0 Å². The largest absolute Gasteiger partial charge is 3.00 e. The molecular formula is C6Cu3FeN6. The molecule has 1 radical (unpaired) electrons. The van der Waals surface area contributed by atoms with Gasteiger partial charge in [0.15, 0.2) is 0 Å². The maximum atomic E-state index is 6.25. The molecule has 10 heteroatoms. The normalized spacial score (nSPS) is 0.750. The van der Waals surface area contributed by atoms with Gasteiger partial charge in [-0.15, -0.1) is 0 Å². The molecule has 16 heavy (non-hydrogen) atoms. The van der Waals surface area contributed by atoms with Crippen molar-refractivity contribution in [3.63, 3.8) is 0 Å². The molecule has 0 atom stereocenters. The Labute approximate surface area is 138 Å². The van der Waals surface area contributed by atoms with Crippen LogP contribution in [0, 0.1) is 71.0 Å². The van der Waals surface area contributed by atoms with Crippen LogP contribution in [0.1, 0.15) is 0 Å². The second-order valence-electron chi connectivity index (χ2n) is 0. The molecule has 0 aromatic heterocycles. The second-order valence-corrected chi connectivity index (χ2v) is 0. The average Bonchev–Trinajstić information content (AvgIpc) is 2.33. The summed E-state index contributed by atoms with van der Waals surface area (Å²) in [7, 11) is 0. The van der Waals surface area contributed by atoms with Crippen molar-refractivity contribution in [1.82, 2.24) is 0 Å². The van der Waals surface area contributed by atoms with Crippen molar-refractivity contribution in [1.29, 1.82) is 31.6 Å². The molecule has 0 fully saturated rings. The van der Waals surface area contributed by atoms with Crippen LogP contribution in [0.4, 0.5) is 0 Å². The van der Waals surface area contributed by atoms with Gasteiger partial charge in [0.05, 0.1) is 0 Å². The first-order valence-electron chi connectivity index (χ1n) is 1.34. The van der Waals surface area contributed by atoms with Crippen LogP contribution in [-0.2, 0) is 68.3 Å².